The third kappa shape index (κ3) is 4.84. The van der Waals surface area contributed by atoms with Crippen LogP contribution >= 0.6 is 0 Å². The van der Waals surface area contributed by atoms with Gasteiger partial charge in [-0.1, -0.05) is 20.8 Å². The van der Waals surface area contributed by atoms with Crippen LogP contribution in [-0.2, 0) is 0 Å². The summed E-state index contributed by atoms with van der Waals surface area (Å²) < 4.78 is 0. The molecule has 2 heteroatoms. The number of nitrogens with one attached hydrogen (secondary N) is 1. The Hall–Kier alpha value is -0.0800. The first kappa shape index (κ1) is 14.0. The lowest BCUT2D eigenvalue weighted by molar-refractivity contribution is 0.130. The second-order valence-electron chi connectivity index (χ2n) is 7.40. The summed E-state index contributed by atoms with van der Waals surface area (Å²) in [5, 5.41) is 3.72. The minimum Gasteiger partial charge on any atom is -0.301 e. The van der Waals surface area contributed by atoms with E-state index >= 15 is 0 Å². The zero-order valence-corrected chi connectivity index (χ0v) is 12.1. The van der Waals surface area contributed by atoms with Crippen LogP contribution in [0.5, 0.6) is 0 Å². The van der Waals surface area contributed by atoms with Crippen molar-refractivity contribution in [3.8, 4) is 0 Å². The van der Waals surface area contributed by atoms with Crippen molar-refractivity contribution in [1.29, 1.82) is 0 Å². The number of hydrogen-bond acceptors (Lipinski definition) is 2. The van der Waals surface area contributed by atoms with Gasteiger partial charge in [0.05, 0.1) is 0 Å². The van der Waals surface area contributed by atoms with Crippen LogP contribution in [0.3, 0.4) is 0 Å². The lowest BCUT2D eigenvalue weighted by Gasteiger charge is -2.35. The third-order valence-electron chi connectivity index (χ3n) is 3.36. The first-order valence-corrected chi connectivity index (χ1v) is 6.67. The van der Waals surface area contributed by atoms with Crippen molar-refractivity contribution in [2.24, 2.45) is 5.41 Å². The van der Waals surface area contributed by atoms with Gasteiger partial charge in [-0.15, -0.1) is 0 Å². The van der Waals surface area contributed by atoms with Gasteiger partial charge in [0.15, 0.2) is 0 Å². The standard InChI is InChI=1S/C14H30N2/c1-13(2,3)10-12-8-7-9-16(11-15-12)14(4,5)6/h12,15H,7-11H2,1-6H3. The molecule has 1 fully saturated rings. The Morgan fingerprint density at radius 1 is 1.12 bits per heavy atom. The second-order valence-corrected chi connectivity index (χ2v) is 7.40. The van der Waals surface area contributed by atoms with Gasteiger partial charge >= 0.3 is 0 Å². The SMILES string of the molecule is CC(C)(C)CC1CCCN(C(C)(C)C)CN1. The van der Waals surface area contributed by atoms with E-state index in [2.05, 4.69) is 51.8 Å². The molecule has 1 N–H and O–H groups in total. The van der Waals surface area contributed by atoms with Crippen LogP contribution in [0.1, 0.15) is 60.8 Å². The fraction of sp³-hybridized carbons (Fsp3) is 1.00. The number of hydrogen-bond donors (Lipinski definition) is 1. The van der Waals surface area contributed by atoms with Crippen LogP contribution in [0.25, 0.3) is 0 Å². The van der Waals surface area contributed by atoms with Crippen molar-refractivity contribution in [3.63, 3.8) is 0 Å². The highest BCUT2D eigenvalue weighted by Gasteiger charge is 2.26. The fourth-order valence-electron chi connectivity index (χ4n) is 2.43. The van der Waals surface area contributed by atoms with Gasteiger partial charge in [0, 0.05) is 18.2 Å². The summed E-state index contributed by atoms with van der Waals surface area (Å²) in [6.45, 7) is 16.2. The van der Waals surface area contributed by atoms with Crippen molar-refractivity contribution in [3.05, 3.63) is 0 Å². The molecule has 0 saturated carbocycles. The first-order chi connectivity index (χ1) is 7.18. The Morgan fingerprint density at radius 2 is 1.75 bits per heavy atom. The summed E-state index contributed by atoms with van der Waals surface area (Å²) in [7, 11) is 0. The predicted molar refractivity (Wildman–Crippen MR) is 71.6 cm³/mol. The molecule has 0 aromatic heterocycles. The maximum absolute atomic E-state index is 3.72. The van der Waals surface area contributed by atoms with Crippen molar-refractivity contribution >= 4 is 0 Å². The van der Waals surface area contributed by atoms with Gasteiger partial charge in [-0.2, -0.15) is 0 Å². The Balaban J connectivity index is 2.47. The third-order valence-corrected chi connectivity index (χ3v) is 3.36. The summed E-state index contributed by atoms with van der Waals surface area (Å²) >= 11 is 0. The van der Waals surface area contributed by atoms with Crippen LogP contribution in [0.4, 0.5) is 0 Å². The highest BCUT2D eigenvalue weighted by Crippen LogP contribution is 2.25. The van der Waals surface area contributed by atoms with Crippen molar-refractivity contribution in [2.75, 3.05) is 13.2 Å². The quantitative estimate of drug-likeness (QED) is 0.738. The molecule has 16 heavy (non-hydrogen) atoms. The zero-order chi connectivity index (χ0) is 12.4. The van der Waals surface area contributed by atoms with E-state index in [4.69, 9.17) is 0 Å². The molecule has 1 atom stereocenters. The molecule has 0 bridgehead atoms. The van der Waals surface area contributed by atoms with Gasteiger partial charge in [-0.25, -0.2) is 0 Å². The smallest absolute Gasteiger partial charge is 0.0487 e. The van der Waals surface area contributed by atoms with Gasteiger partial charge in [-0.3, -0.25) is 4.90 Å². The zero-order valence-electron chi connectivity index (χ0n) is 12.1. The summed E-state index contributed by atoms with van der Waals surface area (Å²) in [5.74, 6) is 0. The van der Waals surface area contributed by atoms with Crippen molar-refractivity contribution in [2.45, 2.75) is 72.4 Å². The molecule has 0 aromatic carbocycles. The summed E-state index contributed by atoms with van der Waals surface area (Å²) in [5.41, 5.74) is 0.734. The van der Waals surface area contributed by atoms with Crippen LogP contribution in [0.15, 0.2) is 0 Å². The van der Waals surface area contributed by atoms with E-state index in [1.165, 1.54) is 25.8 Å². The summed E-state index contributed by atoms with van der Waals surface area (Å²) in [6.07, 6.45) is 3.93. The fourth-order valence-corrected chi connectivity index (χ4v) is 2.43. The molecule has 0 spiro atoms. The molecule has 0 aliphatic carbocycles. The average molecular weight is 226 g/mol. The molecular formula is C14H30N2. The Bertz CT molecular complexity index is 210. The maximum Gasteiger partial charge on any atom is 0.0487 e. The molecule has 0 radical (unpaired) electrons. The Labute approximate surface area is 102 Å². The largest absolute Gasteiger partial charge is 0.301 e. The van der Waals surface area contributed by atoms with Crippen molar-refractivity contribution < 1.29 is 0 Å². The van der Waals surface area contributed by atoms with Gasteiger partial charge < -0.3 is 5.32 Å². The molecule has 1 heterocycles. The molecule has 96 valence electrons. The Morgan fingerprint density at radius 3 is 2.25 bits per heavy atom. The molecule has 0 aromatic rings. The van der Waals surface area contributed by atoms with E-state index in [-0.39, 0.29) is 0 Å². The molecular weight excluding hydrogens is 196 g/mol. The second kappa shape index (κ2) is 5.05. The lowest BCUT2D eigenvalue weighted by Crippen LogP contribution is -2.47. The van der Waals surface area contributed by atoms with E-state index < -0.39 is 0 Å². The molecule has 1 aliphatic rings. The summed E-state index contributed by atoms with van der Waals surface area (Å²) in [6, 6.07) is 0.701. The van der Waals surface area contributed by atoms with Crippen LogP contribution in [0, 0.1) is 5.41 Å². The highest BCUT2D eigenvalue weighted by molar-refractivity contribution is 4.82. The molecule has 1 unspecified atom stereocenters. The van der Waals surface area contributed by atoms with E-state index in [0.29, 0.717) is 17.0 Å². The lowest BCUT2D eigenvalue weighted by atomic mass is 9.87. The van der Waals surface area contributed by atoms with Crippen LogP contribution in [-0.4, -0.2) is 29.7 Å². The van der Waals surface area contributed by atoms with Crippen LogP contribution < -0.4 is 5.32 Å². The maximum atomic E-state index is 3.72. The first-order valence-electron chi connectivity index (χ1n) is 6.67. The van der Waals surface area contributed by atoms with Gasteiger partial charge in [0.1, 0.15) is 0 Å². The van der Waals surface area contributed by atoms with Crippen LogP contribution in [0.2, 0.25) is 0 Å². The minimum absolute atomic E-state index is 0.295. The average Bonchev–Trinajstić information content (AvgIpc) is 2.25. The van der Waals surface area contributed by atoms with Crippen molar-refractivity contribution in [1.82, 2.24) is 10.2 Å². The highest BCUT2D eigenvalue weighted by atomic mass is 15.3. The number of nitrogens with zero attached hydrogens (tertiary/aromatic N) is 1. The van der Waals surface area contributed by atoms with E-state index in [1.807, 2.05) is 0 Å². The van der Waals surface area contributed by atoms with E-state index in [9.17, 15) is 0 Å². The topological polar surface area (TPSA) is 15.3 Å². The Kier molecular flexibility index (Phi) is 4.42. The molecule has 1 aliphatic heterocycles. The molecule has 0 amide bonds. The van der Waals surface area contributed by atoms with E-state index in [1.54, 1.807) is 0 Å². The van der Waals surface area contributed by atoms with Gasteiger partial charge in [0.25, 0.3) is 0 Å². The predicted octanol–water partition coefficient (Wildman–Crippen LogP) is 3.23. The molecule has 1 saturated heterocycles. The van der Waals surface area contributed by atoms with Gasteiger partial charge in [0.2, 0.25) is 0 Å². The van der Waals surface area contributed by atoms with Gasteiger partial charge in [-0.05, 0) is 52.0 Å². The normalized spacial score (nSPS) is 25.5. The monoisotopic (exact) mass is 226 g/mol. The minimum atomic E-state index is 0.295. The molecule has 2 nitrogen and oxygen atoms in total. The summed E-state index contributed by atoms with van der Waals surface area (Å²) in [4.78, 5) is 2.55. The number of rotatable bonds is 1. The van der Waals surface area contributed by atoms with E-state index in [0.717, 1.165) is 6.67 Å². The molecule has 1 rings (SSSR count).